The van der Waals surface area contributed by atoms with Gasteiger partial charge in [0.25, 0.3) is 0 Å². The van der Waals surface area contributed by atoms with Crippen LogP contribution in [0.15, 0.2) is 18.2 Å². The Labute approximate surface area is 112 Å². The van der Waals surface area contributed by atoms with Crippen molar-refractivity contribution in [1.82, 2.24) is 5.32 Å². The topological polar surface area (TPSA) is 21.3 Å². The highest BCUT2D eigenvalue weighted by atomic mass is 35.5. The number of halogens is 2. The summed E-state index contributed by atoms with van der Waals surface area (Å²) in [5.41, 5.74) is 1.11. The summed E-state index contributed by atoms with van der Waals surface area (Å²) in [4.78, 5) is 0. The van der Waals surface area contributed by atoms with Crippen LogP contribution in [-0.4, -0.2) is 26.3 Å². The van der Waals surface area contributed by atoms with E-state index in [0.29, 0.717) is 12.0 Å². The van der Waals surface area contributed by atoms with Gasteiger partial charge in [-0.15, -0.1) is 0 Å². The lowest BCUT2D eigenvalue weighted by atomic mass is 9.89. The monoisotopic (exact) mass is 273 g/mol. The first-order chi connectivity index (χ1) is 8.20. The summed E-state index contributed by atoms with van der Waals surface area (Å²) in [6, 6.07) is 6.13. The lowest BCUT2D eigenvalue weighted by Gasteiger charge is -2.31. The third kappa shape index (κ3) is 3.35. The minimum atomic E-state index is 0.463. The molecule has 2 nitrogen and oxygen atoms in total. The zero-order valence-corrected chi connectivity index (χ0v) is 11.4. The molecule has 4 heteroatoms. The van der Waals surface area contributed by atoms with E-state index < -0.39 is 0 Å². The van der Waals surface area contributed by atoms with E-state index in [4.69, 9.17) is 27.9 Å². The Kier molecular flexibility index (Phi) is 4.69. The van der Waals surface area contributed by atoms with Crippen molar-refractivity contribution in [3.05, 3.63) is 33.8 Å². The van der Waals surface area contributed by atoms with Gasteiger partial charge in [0.05, 0.1) is 6.61 Å². The van der Waals surface area contributed by atoms with Gasteiger partial charge in [-0.3, -0.25) is 0 Å². The molecule has 1 N–H and O–H groups in total. The zero-order chi connectivity index (χ0) is 12.3. The molecule has 17 heavy (non-hydrogen) atoms. The Balaban J connectivity index is 2.10. The molecule has 1 heterocycles. The van der Waals surface area contributed by atoms with Gasteiger partial charge in [0, 0.05) is 28.6 Å². The molecule has 1 fully saturated rings. The normalized spacial score (nSPS) is 24.9. The lowest BCUT2D eigenvalue weighted by molar-refractivity contribution is 0.0342. The van der Waals surface area contributed by atoms with Crippen LogP contribution >= 0.6 is 23.2 Å². The fourth-order valence-corrected chi connectivity index (χ4v) is 2.75. The number of ether oxygens (including phenoxy) is 1. The Morgan fingerprint density at radius 3 is 3.00 bits per heavy atom. The molecular formula is C13H17Cl2NO. The molecule has 2 atom stereocenters. The average molecular weight is 274 g/mol. The van der Waals surface area contributed by atoms with Crippen LogP contribution in [0.2, 0.25) is 10.0 Å². The smallest absolute Gasteiger partial charge is 0.0512 e. The minimum absolute atomic E-state index is 0.463. The van der Waals surface area contributed by atoms with Gasteiger partial charge in [-0.2, -0.15) is 0 Å². The van der Waals surface area contributed by atoms with Crippen molar-refractivity contribution in [3.8, 4) is 0 Å². The molecule has 0 aliphatic carbocycles. The van der Waals surface area contributed by atoms with Crippen molar-refractivity contribution in [1.29, 1.82) is 0 Å². The molecule has 1 aliphatic heterocycles. The van der Waals surface area contributed by atoms with Crippen LogP contribution in [0.3, 0.4) is 0 Å². The number of hydrogen-bond donors (Lipinski definition) is 1. The maximum atomic E-state index is 6.19. The number of rotatable bonds is 3. The second-order valence-electron chi connectivity index (χ2n) is 4.46. The molecule has 0 spiro atoms. The number of hydrogen-bond acceptors (Lipinski definition) is 2. The predicted octanol–water partition coefficient (Wildman–Crippen LogP) is 3.16. The predicted molar refractivity (Wildman–Crippen MR) is 71.9 cm³/mol. The molecule has 0 unspecified atom stereocenters. The van der Waals surface area contributed by atoms with Crippen LogP contribution in [0.1, 0.15) is 12.0 Å². The van der Waals surface area contributed by atoms with Gasteiger partial charge in [0.15, 0.2) is 0 Å². The van der Waals surface area contributed by atoms with E-state index in [1.54, 1.807) is 0 Å². The van der Waals surface area contributed by atoms with Crippen LogP contribution in [0.5, 0.6) is 0 Å². The van der Waals surface area contributed by atoms with Gasteiger partial charge >= 0.3 is 0 Å². The molecule has 0 radical (unpaired) electrons. The summed E-state index contributed by atoms with van der Waals surface area (Å²) in [5, 5.41) is 4.88. The fourth-order valence-electron chi connectivity index (χ4n) is 2.36. The van der Waals surface area contributed by atoms with Crippen molar-refractivity contribution in [2.24, 2.45) is 5.92 Å². The third-order valence-corrected chi connectivity index (χ3v) is 3.94. The summed E-state index contributed by atoms with van der Waals surface area (Å²) in [6.07, 6.45) is 1.96. The first kappa shape index (κ1) is 13.2. The highest BCUT2D eigenvalue weighted by Crippen LogP contribution is 2.26. The molecule has 0 saturated carbocycles. The van der Waals surface area contributed by atoms with Gasteiger partial charge in [0.1, 0.15) is 0 Å². The maximum absolute atomic E-state index is 6.19. The van der Waals surface area contributed by atoms with Crippen molar-refractivity contribution in [2.45, 2.75) is 18.9 Å². The second-order valence-corrected chi connectivity index (χ2v) is 5.30. The minimum Gasteiger partial charge on any atom is -0.381 e. The molecule has 2 rings (SSSR count). The molecule has 1 aromatic rings. The third-order valence-electron chi connectivity index (χ3n) is 3.33. The SMILES string of the molecule is CN[C@@H]1CCOC[C@H]1Cc1cc(Cl)ccc1Cl. The molecule has 94 valence electrons. The second kappa shape index (κ2) is 6.05. The highest BCUT2D eigenvalue weighted by Gasteiger charge is 2.25. The molecule has 1 aliphatic rings. The summed E-state index contributed by atoms with van der Waals surface area (Å²) in [6.45, 7) is 1.62. The van der Waals surface area contributed by atoms with Crippen molar-refractivity contribution in [3.63, 3.8) is 0 Å². The summed E-state index contributed by atoms with van der Waals surface area (Å²) in [7, 11) is 2.00. The van der Waals surface area contributed by atoms with Crippen LogP contribution < -0.4 is 5.32 Å². The fraction of sp³-hybridized carbons (Fsp3) is 0.538. The summed E-state index contributed by atoms with van der Waals surface area (Å²) < 4.78 is 5.54. The van der Waals surface area contributed by atoms with Crippen LogP contribution in [-0.2, 0) is 11.2 Å². The Morgan fingerprint density at radius 1 is 1.41 bits per heavy atom. The molecule has 0 bridgehead atoms. The van der Waals surface area contributed by atoms with E-state index in [1.165, 1.54) is 0 Å². The first-order valence-corrected chi connectivity index (χ1v) is 6.65. The molecule has 0 aromatic heterocycles. The Bertz CT molecular complexity index is 384. The molecular weight excluding hydrogens is 257 g/mol. The molecule has 0 amide bonds. The molecule has 1 saturated heterocycles. The van der Waals surface area contributed by atoms with E-state index in [0.717, 1.165) is 41.7 Å². The average Bonchev–Trinajstić information content (AvgIpc) is 2.34. The van der Waals surface area contributed by atoms with Gasteiger partial charge in [-0.25, -0.2) is 0 Å². The standard InChI is InChI=1S/C13H17Cl2NO/c1-16-13-4-5-17-8-10(13)6-9-7-11(14)2-3-12(9)15/h2-3,7,10,13,16H,4-6,8H2,1H3/t10-,13-/m1/s1. The first-order valence-electron chi connectivity index (χ1n) is 5.89. The van der Waals surface area contributed by atoms with Crippen LogP contribution in [0, 0.1) is 5.92 Å². The van der Waals surface area contributed by atoms with Crippen molar-refractivity contribution in [2.75, 3.05) is 20.3 Å². The van der Waals surface area contributed by atoms with Gasteiger partial charge in [-0.05, 0) is 43.7 Å². The van der Waals surface area contributed by atoms with E-state index in [1.807, 2.05) is 25.2 Å². The van der Waals surface area contributed by atoms with Gasteiger partial charge in [-0.1, -0.05) is 23.2 Å². The Morgan fingerprint density at radius 2 is 2.24 bits per heavy atom. The van der Waals surface area contributed by atoms with Crippen molar-refractivity contribution < 1.29 is 4.74 Å². The quantitative estimate of drug-likeness (QED) is 0.914. The lowest BCUT2D eigenvalue weighted by Crippen LogP contribution is -2.41. The largest absolute Gasteiger partial charge is 0.381 e. The maximum Gasteiger partial charge on any atom is 0.0512 e. The molecule has 1 aromatic carbocycles. The Hall–Kier alpha value is -0.280. The van der Waals surface area contributed by atoms with E-state index >= 15 is 0 Å². The van der Waals surface area contributed by atoms with Gasteiger partial charge in [0.2, 0.25) is 0 Å². The van der Waals surface area contributed by atoms with E-state index in [-0.39, 0.29) is 0 Å². The van der Waals surface area contributed by atoms with E-state index in [2.05, 4.69) is 5.32 Å². The van der Waals surface area contributed by atoms with Crippen LogP contribution in [0.4, 0.5) is 0 Å². The van der Waals surface area contributed by atoms with Gasteiger partial charge < -0.3 is 10.1 Å². The zero-order valence-electron chi connectivity index (χ0n) is 9.88. The number of nitrogens with one attached hydrogen (secondary N) is 1. The van der Waals surface area contributed by atoms with Crippen molar-refractivity contribution >= 4 is 23.2 Å². The highest BCUT2D eigenvalue weighted by molar-refractivity contribution is 6.33. The number of benzene rings is 1. The summed E-state index contributed by atoms with van der Waals surface area (Å²) in [5.74, 6) is 0.463. The van der Waals surface area contributed by atoms with E-state index in [9.17, 15) is 0 Å². The summed E-state index contributed by atoms with van der Waals surface area (Å²) >= 11 is 12.2. The van der Waals surface area contributed by atoms with Crippen LogP contribution in [0.25, 0.3) is 0 Å².